The lowest BCUT2D eigenvalue weighted by Gasteiger charge is -2.24. The highest BCUT2D eigenvalue weighted by atomic mass is 16.5. The molecule has 0 radical (unpaired) electrons. The summed E-state index contributed by atoms with van der Waals surface area (Å²) in [5, 5.41) is 10.3. The van der Waals surface area contributed by atoms with E-state index in [9.17, 15) is 10.1 Å². The first kappa shape index (κ1) is 22.2. The smallest absolute Gasteiger partial charge is 0.255 e. The number of fused-ring (bicyclic) bond motifs is 1. The molecule has 3 unspecified atom stereocenters. The lowest BCUT2D eigenvalue weighted by atomic mass is 9.84. The van der Waals surface area contributed by atoms with Gasteiger partial charge in [0.2, 0.25) is 0 Å². The summed E-state index contributed by atoms with van der Waals surface area (Å²) in [7, 11) is 1.57. The van der Waals surface area contributed by atoms with Crippen molar-refractivity contribution in [1.82, 2.24) is 4.90 Å². The second-order valence-electron chi connectivity index (χ2n) is 8.09. The van der Waals surface area contributed by atoms with Gasteiger partial charge >= 0.3 is 0 Å². The number of carbonyl (C=O) groups excluding carboxylic acids is 1. The quantitative estimate of drug-likeness (QED) is 0.731. The fourth-order valence-corrected chi connectivity index (χ4v) is 4.52. The first-order valence-corrected chi connectivity index (χ1v) is 10.7. The van der Waals surface area contributed by atoms with E-state index in [0.717, 1.165) is 22.6 Å². The molecule has 3 atom stereocenters. The molecule has 7 heteroatoms. The summed E-state index contributed by atoms with van der Waals surface area (Å²) in [6.45, 7) is 3.76. The van der Waals surface area contributed by atoms with Gasteiger partial charge in [-0.3, -0.25) is 4.79 Å². The number of carbonyl (C=O) groups is 1. The van der Waals surface area contributed by atoms with Gasteiger partial charge in [0.05, 0.1) is 36.7 Å². The molecule has 4 rings (SSSR count). The molecule has 2 heterocycles. The van der Waals surface area contributed by atoms with Gasteiger partial charge in [0, 0.05) is 11.8 Å². The summed E-state index contributed by atoms with van der Waals surface area (Å²) < 4.78 is 11.5. The first-order chi connectivity index (χ1) is 16.0. The van der Waals surface area contributed by atoms with E-state index < -0.39 is 17.7 Å². The van der Waals surface area contributed by atoms with Gasteiger partial charge in [-0.2, -0.15) is 5.26 Å². The number of allylic oxidation sites excluding steroid dienone is 2. The molecule has 0 saturated carbocycles. The molecular formula is C26H26N4O3. The van der Waals surface area contributed by atoms with Gasteiger partial charge in [0.1, 0.15) is 17.3 Å². The van der Waals surface area contributed by atoms with Crippen LogP contribution in [0.1, 0.15) is 22.6 Å². The summed E-state index contributed by atoms with van der Waals surface area (Å²) in [4.78, 5) is 18.6. The van der Waals surface area contributed by atoms with Crippen LogP contribution in [0.25, 0.3) is 0 Å². The molecule has 2 aliphatic heterocycles. The fourth-order valence-electron chi connectivity index (χ4n) is 4.52. The minimum atomic E-state index is -0.584. The molecule has 1 saturated heterocycles. The lowest BCUT2D eigenvalue weighted by molar-refractivity contribution is -0.119. The van der Waals surface area contributed by atoms with Crippen molar-refractivity contribution in [3.63, 3.8) is 0 Å². The third-order valence-electron chi connectivity index (χ3n) is 6.00. The van der Waals surface area contributed by atoms with Crippen LogP contribution in [-0.2, 0) is 4.79 Å². The second kappa shape index (κ2) is 9.21. The van der Waals surface area contributed by atoms with Crippen LogP contribution in [0.2, 0.25) is 0 Å². The predicted molar refractivity (Wildman–Crippen MR) is 126 cm³/mol. The van der Waals surface area contributed by atoms with E-state index in [1.165, 1.54) is 0 Å². The third-order valence-corrected chi connectivity index (χ3v) is 6.00. The number of aliphatic imine (C=N–C) groups is 1. The van der Waals surface area contributed by atoms with Crippen molar-refractivity contribution in [2.24, 2.45) is 16.6 Å². The van der Waals surface area contributed by atoms with Crippen LogP contribution in [0.4, 0.5) is 5.69 Å². The van der Waals surface area contributed by atoms with Gasteiger partial charge < -0.3 is 20.1 Å². The van der Waals surface area contributed by atoms with E-state index in [-0.39, 0.29) is 12.6 Å². The zero-order valence-corrected chi connectivity index (χ0v) is 18.9. The highest BCUT2D eigenvalue weighted by molar-refractivity contribution is 5.97. The summed E-state index contributed by atoms with van der Waals surface area (Å²) in [5.41, 5.74) is 8.95. The molecule has 0 bridgehead atoms. The van der Waals surface area contributed by atoms with Crippen molar-refractivity contribution in [1.29, 1.82) is 5.26 Å². The molecular weight excluding hydrogens is 416 g/mol. The van der Waals surface area contributed by atoms with Gasteiger partial charge in [-0.15, -0.1) is 0 Å². The van der Waals surface area contributed by atoms with E-state index in [1.54, 1.807) is 19.2 Å². The largest absolute Gasteiger partial charge is 0.496 e. The zero-order valence-electron chi connectivity index (χ0n) is 18.9. The number of hydrogen-bond donors (Lipinski definition) is 1. The Morgan fingerprint density at radius 1 is 1.15 bits per heavy atom. The number of amidine groups is 1. The van der Waals surface area contributed by atoms with E-state index in [0.29, 0.717) is 17.1 Å². The zero-order chi connectivity index (χ0) is 23.5. The molecule has 2 N–H and O–H groups in total. The maximum Gasteiger partial charge on any atom is 0.255 e. The van der Waals surface area contributed by atoms with E-state index in [4.69, 9.17) is 20.2 Å². The van der Waals surface area contributed by atoms with Gasteiger partial charge in [-0.05, 0) is 43.2 Å². The molecule has 33 heavy (non-hydrogen) atoms. The van der Waals surface area contributed by atoms with Gasteiger partial charge in [0.15, 0.2) is 6.61 Å². The Balaban J connectivity index is 1.96. The molecule has 0 aromatic heterocycles. The minimum Gasteiger partial charge on any atom is -0.496 e. The molecule has 2 aromatic carbocycles. The molecule has 168 valence electrons. The van der Waals surface area contributed by atoms with Crippen LogP contribution >= 0.6 is 0 Å². The molecule has 0 aliphatic carbocycles. The van der Waals surface area contributed by atoms with Crippen molar-refractivity contribution in [2.45, 2.75) is 25.8 Å². The number of para-hydroxylation sites is 1. The van der Waals surface area contributed by atoms with Crippen LogP contribution in [0, 0.1) is 31.1 Å². The summed E-state index contributed by atoms with van der Waals surface area (Å²) >= 11 is 0. The number of amides is 1. The topological polar surface area (TPSA) is 101 Å². The van der Waals surface area contributed by atoms with Gasteiger partial charge in [-0.1, -0.05) is 36.4 Å². The second-order valence-corrected chi connectivity index (χ2v) is 8.09. The van der Waals surface area contributed by atoms with Crippen LogP contribution in [0.3, 0.4) is 0 Å². The number of nitrogens with two attached hydrogens (primary N) is 1. The molecule has 0 spiro atoms. The van der Waals surface area contributed by atoms with Gasteiger partial charge in [-0.25, -0.2) is 4.99 Å². The number of nitrogens with zero attached hydrogens (tertiary/aromatic N) is 3. The SMILES string of the molecule is COc1cccc(OCC(N)=O)c1C1C(=Nc2c(C)cccc2C)N2C=CC=CC2C1C#N. The molecule has 2 aliphatic rings. The monoisotopic (exact) mass is 442 g/mol. The summed E-state index contributed by atoms with van der Waals surface area (Å²) in [6.07, 6.45) is 7.83. The van der Waals surface area contributed by atoms with E-state index in [1.807, 2.05) is 67.4 Å². The number of primary amides is 1. The standard InChI is InChI=1S/C26H26N4O3/c1-16-8-6-9-17(2)25(16)29-26-23(18(14-27)19-10-4-5-13-30(19)26)24-20(32-3)11-7-12-21(24)33-15-22(28)31/h4-13,18-19,23H,15H2,1-3H3,(H2,28,31). The number of ether oxygens (including phenoxy) is 2. The van der Waals surface area contributed by atoms with Crippen LogP contribution in [0.5, 0.6) is 11.5 Å². The van der Waals surface area contributed by atoms with Crippen molar-refractivity contribution in [3.8, 4) is 17.6 Å². The molecule has 1 fully saturated rings. The Kier molecular flexibility index (Phi) is 6.18. The number of methoxy groups -OCH3 is 1. The van der Waals surface area contributed by atoms with E-state index >= 15 is 0 Å². The van der Waals surface area contributed by atoms with Crippen molar-refractivity contribution in [2.75, 3.05) is 13.7 Å². The number of nitriles is 1. The maximum absolute atomic E-state index is 11.4. The minimum absolute atomic E-state index is 0.193. The highest BCUT2D eigenvalue weighted by Gasteiger charge is 2.48. The Morgan fingerprint density at radius 3 is 2.52 bits per heavy atom. The molecule has 2 aromatic rings. The number of hydrogen-bond acceptors (Lipinski definition) is 5. The number of aryl methyl sites for hydroxylation is 2. The Hall–Kier alpha value is -4.05. The first-order valence-electron chi connectivity index (χ1n) is 10.7. The van der Waals surface area contributed by atoms with Gasteiger partial charge in [0.25, 0.3) is 5.91 Å². The average Bonchev–Trinajstić information content (AvgIpc) is 3.12. The number of rotatable bonds is 6. The Morgan fingerprint density at radius 2 is 1.85 bits per heavy atom. The number of benzene rings is 2. The normalized spacial score (nSPS) is 22.2. The average molecular weight is 443 g/mol. The predicted octanol–water partition coefficient (Wildman–Crippen LogP) is 3.90. The Bertz CT molecular complexity index is 1190. The fraction of sp³-hybridized carbons (Fsp3) is 0.269. The van der Waals surface area contributed by atoms with Crippen LogP contribution in [0.15, 0.2) is 65.8 Å². The Labute approximate surface area is 193 Å². The van der Waals surface area contributed by atoms with Crippen LogP contribution in [-0.4, -0.2) is 36.4 Å². The summed E-state index contributed by atoms with van der Waals surface area (Å²) in [6, 6.07) is 13.7. The maximum atomic E-state index is 11.4. The lowest BCUT2D eigenvalue weighted by Crippen LogP contribution is -2.30. The summed E-state index contributed by atoms with van der Waals surface area (Å²) in [5.74, 6) is 0.231. The molecule has 7 nitrogen and oxygen atoms in total. The highest BCUT2D eigenvalue weighted by Crippen LogP contribution is 2.48. The van der Waals surface area contributed by atoms with E-state index in [2.05, 4.69) is 6.07 Å². The third kappa shape index (κ3) is 4.08. The van der Waals surface area contributed by atoms with Crippen molar-refractivity contribution >= 4 is 17.4 Å². The van der Waals surface area contributed by atoms with Crippen molar-refractivity contribution in [3.05, 3.63) is 77.5 Å². The molecule has 1 amide bonds. The van der Waals surface area contributed by atoms with Crippen LogP contribution < -0.4 is 15.2 Å². The van der Waals surface area contributed by atoms with Crippen molar-refractivity contribution < 1.29 is 14.3 Å².